The van der Waals surface area contributed by atoms with Crippen LogP contribution in [0.25, 0.3) is 0 Å². The summed E-state index contributed by atoms with van der Waals surface area (Å²) in [4.78, 5) is 14.5. The Balaban J connectivity index is 2.17. The summed E-state index contributed by atoms with van der Waals surface area (Å²) in [5.41, 5.74) is 5.68. The molecule has 1 aliphatic carbocycles. The highest BCUT2D eigenvalue weighted by Gasteiger charge is 2.31. The second-order valence-corrected chi connectivity index (χ2v) is 4.13. The molecule has 7 heteroatoms. The van der Waals surface area contributed by atoms with Crippen molar-refractivity contribution in [2.75, 3.05) is 37.5 Å². The number of rotatable bonds is 7. The average Bonchev–Trinajstić information content (AvgIpc) is 3.14. The largest absolute Gasteiger partial charge is 0.464 e. The van der Waals surface area contributed by atoms with E-state index in [0.29, 0.717) is 25.2 Å². The highest BCUT2D eigenvalue weighted by atomic mass is 16.5. The molecule has 1 heterocycles. The van der Waals surface area contributed by atoms with Gasteiger partial charge in [-0.05, 0) is 19.8 Å². The first-order chi connectivity index (χ1) is 8.74. The van der Waals surface area contributed by atoms with Crippen LogP contribution in [-0.2, 0) is 4.74 Å². The minimum atomic E-state index is 0.187. The summed E-state index contributed by atoms with van der Waals surface area (Å²) in [5.74, 6) is 0.761. The zero-order valence-corrected chi connectivity index (χ0v) is 10.8. The van der Waals surface area contributed by atoms with Crippen molar-refractivity contribution in [1.29, 1.82) is 0 Å². The summed E-state index contributed by atoms with van der Waals surface area (Å²) in [7, 11) is 1.68. The van der Waals surface area contributed by atoms with E-state index in [9.17, 15) is 0 Å². The minimum absolute atomic E-state index is 0.187. The topological polar surface area (TPSA) is 86.4 Å². The summed E-state index contributed by atoms with van der Waals surface area (Å²) >= 11 is 0. The molecule has 0 saturated heterocycles. The normalized spacial score (nSPS) is 14.6. The minimum Gasteiger partial charge on any atom is -0.464 e. The molecular weight excluding hydrogens is 234 g/mol. The molecule has 0 unspecified atom stereocenters. The van der Waals surface area contributed by atoms with Crippen LogP contribution in [0.3, 0.4) is 0 Å². The molecule has 2 rings (SSSR count). The SMILES string of the molecule is CCOc1nc(N)nc(N(CCOC)C2CC2)n1. The maximum Gasteiger partial charge on any atom is 0.323 e. The lowest BCUT2D eigenvalue weighted by molar-refractivity contribution is 0.204. The van der Waals surface area contributed by atoms with Gasteiger partial charge in [0.15, 0.2) is 0 Å². The van der Waals surface area contributed by atoms with Crippen LogP contribution < -0.4 is 15.4 Å². The van der Waals surface area contributed by atoms with Crippen LogP contribution in [0.2, 0.25) is 0 Å². The molecular formula is C11H19N5O2. The van der Waals surface area contributed by atoms with E-state index < -0.39 is 0 Å². The summed E-state index contributed by atoms with van der Waals surface area (Å²) in [6, 6.07) is 0.763. The molecule has 0 bridgehead atoms. The molecule has 1 fully saturated rings. The molecule has 18 heavy (non-hydrogen) atoms. The number of hydrogen-bond acceptors (Lipinski definition) is 7. The van der Waals surface area contributed by atoms with Gasteiger partial charge in [-0.3, -0.25) is 0 Å². The molecule has 1 aromatic heterocycles. The van der Waals surface area contributed by atoms with Crippen molar-refractivity contribution in [3.8, 4) is 6.01 Å². The van der Waals surface area contributed by atoms with E-state index in [-0.39, 0.29) is 12.0 Å². The van der Waals surface area contributed by atoms with Crippen molar-refractivity contribution in [2.45, 2.75) is 25.8 Å². The first-order valence-corrected chi connectivity index (χ1v) is 6.14. The van der Waals surface area contributed by atoms with Crippen LogP contribution >= 0.6 is 0 Å². The predicted octanol–water partition coefficient (Wildman–Crippen LogP) is 0.468. The van der Waals surface area contributed by atoms with Gasteiger partial charge >= 0.3 is 6.01 Å². The second-order valence-electron chi connectivity index (χ2n) is 4.13. The van der Waals surface area contributed by atoms with Gasteiger partial charge in [0, 0.05) is 19.7 Å². The summed E-state index contributed by atoms with van der Waals surface area (Å²) in [6.07, 6.45) is 2.30. The van der Waals surface area contributed by atoms with Crippen molar-refractivity contribution >= 4 is 11.9 Å². The summed E-state index contributed by atoms with van der Waals surface area (Å²) in [6.45, 7) is 3.76. The molecule has 100 valence electrons. The van der Waals surface area contributed by atoms with Gasteiger partial charge in [-0.15, -0.1) is 0 Å². The monoisotopic (exact) mass is 253 g/mol. The van der Waals surface area contributed by atoms with Crippen LogP contribution in [0.5, 0.6) is 6.01 Å². The van der Waals surface area contributed by atoms with E-state index in [2.05, 4.69) is 19.9 Å². The standard InChI is InChI=1S/C11H19N5O2/c1-3-18-11-14-9(12)13-10(15-11)16(6-7-17-2)8-4-5-8/h8H,3-7H2,1-2H3,(H2,12,13,14,15). The molecule has 0 spiro atoms. The first kappa shape index (κ1) is 12.8. The van der Waals surface area contributed by atoms with E-state index in [1.54, 1.807) is 7.11 Å². The number of aromatic nitrogens is 3. The van der Waals surface area contributed by atoms with Crippen LogP contribution in [-0.4, -0.2) is 47.9 Å². The Hall–Kier alpha value is -1.63. The van der Waals surface area contributed by atoms with Gasteiger partial charge in [0.2, 0.25) is 11.9 Å². The number of nitrogens with zero attached hydrogens (tertiary/aromatic N) is 4. The average molecular weight is 253 g/mol. The number of ether oxygens (including phenoxy) is 2. The fourth-order valence-electron chi connectivity index (χ4n) is 1.70. The number of hydrogen-bond donors (Lipinski definition) is 1. The number of nitrogens with two attached hydrogens (primary N) is 1. The molecule has 7 nitrogen and oxygen atoms in total. The van der Waals surface area contributed by atoms with Crippen LogP contribution in [0.1, 0.15) is 19.8 Å². The molecule has 0 radical (unpaired) electrons. The van der Waals surface area contributed by atoms with Crippen LogP contribution in [0.4, 0.5) is 11.9 Å². The van der Waals surface area contributed by atoms with Crippen molar-refractivity contribution < 1.29 is 9.47 Å². The Bertz CT molecular complexity index is 397. The molecule has 1 aromatic rings. The highest BCUT2D eigenvalue weighted by Crippen LogP contribution is 2.30. The van der Waals surface area contributed by atoms with E-state index in [1.807, 2.05) is 6.92 Å². The van der Waals surface area contributed by atoms with Crippen LogP contribution in [0.15, 0.2) is 0 Å². The zero-order chi connectivity index (χ0) is 13.0. The molecule has 1 aliphatic rings. The Morgan fingerprint density at radius 1 is 1.33 bits per heavy atom. The lowest BCUT2D eigenvalue weighted by Gasteiger charge is -2.22. The van der Waals surface area contributed by atoms with Gasteiger partial charge in [-0.1, -0.05) is 0 Å². The third-order valence-electron chi connectivity index (χ3n) is 2.67. The van der Waals surface area contributed by atoms with Gasteiger partial charge in [0.25, 0.3) is 0 Å². The van der Waals surface area contributed by atoms with Crippen molar-refractivity contribution in [3.05, 3.63) is 0 Å². The zero-order valence-electron chi connectivity index (χ0n) is 10.8. The number of anilines is 2. The number of nitrogen functional groups attached to an aromatic ring is 1. The molecule has 2 N–H and O–H groups in total. The third kappa shape index (κ3) is 3.19. The lowest BCUT2D eigenvalue weighted by atomic mass is 10.5. The van der Waals surface area contributed by atoms with Gasteiger partial charge in [-0.25, -0.2) is 0 Å². The van der Waals surface area contributed by atoms with Gasteiger partial charge in [0.1, 0.15) is 0 Å². The van der Waals surface area contributed by atoms with Gasteiger partial charge in [0.05, 0.1) is 13.2 Å². The van der Waals surface area contributed by atoms with Crippen molar-refractivity contribution in [3.63, 3.8) is 0 Å². The summed E-state index contributed by atoms with van der Waals surface area (Å²) in [5, 5.41) is 0. The maximum absolute atomic E-state index is 5.68. The fourth-order valence-corrected chi connectivity index (χ4v) is 1.70. The smallest absolute Gasteiger partial charge is 0.323 e. The predicted molar refractivity (Wildman–Crippen MR) is 67.7 cm³/mol. The molecule has 0 aliphatic heterocycles. The second kappa shape index (κ2) is 5.81. The molecule has 0 amide bonds. The van der Waals surface area contributed by atoms with Crippen molar-refractivity contribution in [1.82, 2.24) is 15.0 Å². The quantitative estimate of drug-likeness (QED) is 0.755. The fraction of sp³-hybridized carbons (Fsp3) is 0.727. The Morgan fingerprint density at radius 2 is 2.11 bits per heavy atom. The van der Waals surface area contributed by atoms with E-state index in [1.165, 1.54) is 0 Å². The Kier molecular flexibility index (Phi) is 4.14. The molecule has 0 aromatic carbocycles. The molecule has 0 atom stereocenters. The highest BCUT2D eigenvalue weighted by molar-refractivity contribution is 5.38. The van der Waals surface area contributed by atoms with Gasteiger partial charge in [-0.2, -0.15) is 15.0 Å². The van der Waals surface area contributed by atoms with Crippen molar-refractivity contribution in [2.24, 2.45) is 0 Å². The maximum atomic E-state index is 5.68. The van der Waals surface area contributed by atoms with E-state index in [4.69, 9.17) is 15.2 Å². The van der Waals surface area contributed by atoms with E-state index in [0.717, 1.165) is 19.4 Å². The lowest BCUT2D eigenvalue weighted by Crippen LogP contribution is -2.31. The molecule has 1 saturated carbocycles. The first-order valence-electron chi connectivity index (χ1n) is 6.14. The number of methoxy groups -OCH3 is 1. The van der Waals surface area contributed by atoms with E-state index >= 15 is 0 Å². The Labute approximate surface area is 106 Å². The summed E-state index contributed by atoms with van der Waals surface area (Å²) < 4.78 is 10.4. The third-order valence-corrected chi connectivity index (χ3v) is 2.67. The van der Waals surface area contributed by atoms with Crippen LogP contribution in [0, 0.1) is 0 Å². The Morgan fingerprint density at radius 3 is 2.72 bits per heavy atom. The van der Waals surface area contributed by atoms with Gasteiger partial charge < -0.3 is 20.1 Å².